The Labute approximate surface area is 169 Å². The SMILES string of the molecule is COc1cc(CNCCCN(C)C)ccc1OCc1ccccc1.Cl.Cl. The average molecular weight is 401 g/mol. The Bertz CT molecular complexity index is 610. The van der Waals surface area contributed by atoms with Gasteiger partial charge in [-0.2, -0.15) is 0 Å². The first-order valence-electron chi connectivity index (χ1n) is 8.38. The van der Waals surface area contributed by atoms with Crippen molar-refractivity contribution in [2.75, 3.05) is 34.3 Å². The van der Waals surface area contributed by atoms with Gasteiger partial charge < -0.3 is 19.7 Å². The van der Waals surface area contributed by atoms with Crippen molar-refractivity contribution in [3.63, 3.8) is 0 Å². The van der Waals surface area contributed by atoms with E-state index in [1.165, 1.54) is 5.56 Å². The maximum absolute atomic E-state index is 5.89. The second kappa shape index (κ2) is 13.7. The molecule has 0 aromatic heterocycles. The van der Waals surface area contributed by atoms with Crippen LogP contribution in [0.5, 0.6) is 11.5 Å². The summed E-state index contributed by atoms with van der Waals surface area (Å²) in [5.41, 5.74) is 2.34. The molecule has 0 radical (unpaired) electrons. The van der Waals surface area contributed by atoms with Crippen LogP contribution in [0.15, 0.2) is 48.5 Å². The van der Waals surface area contributed by atoms with Crippen molar-refractivity contribution < 1.29 is 9.47 Å². The molecule has 0 atom stereocenters. The van der Waals surface area contributed by atoms with E-state index in [1.54, 1.807) is 7.11 Å². The minimum Gasteiger partial charge on any atom is -0.493 e. The molecule has 146 valence electrons. The van der Waals surface area contributed by atoms with Crippen molar-refractivity contribution in [1.82, 2.24) is 10.2 Å². The third-order valence-electron chi connectivity index (χ3n) is 3.75. The molecule has 0 fully saturated rings. The van der Waals surface area contributed by atoms with Crippen molar-refractivity contribution in [3.05, 3.63) is 59.7 Å². The molecule has 0 aliphatic carbocycles. The summed E-state index contributed by atoms with van der Waals surface area (Å²) in [5, 5.41) is 3.46. The van der Waals surface area contributed by atoms with Crippen LogP contribution < -0.4 is 14.8 Å². The highest BCUT2D eigenvalue weighted by Crippen LogP contribution is 2.28. The van der Waals surface area contributed by atoms with E-state index in [2.05, 4.69) is 42.5 Å². The van der Waals surface area contributed by atoms with Gasteiger partial charge in [0.15, 0.2) is 11.5 Å². The summed E-state index contributed by atoms with van der Waals surface area (Å²) in [6.45, 7) is 3.48. The molecule has 2 aromatic rings. The number of methoxy groups -OCH3 is 1. The van der Waals surface area contributed by atoms with Crippen molar-refractivity contribution in [2.24, 2.45) is 0 Å². The number of nitrogens with zero attached hydrogens (tertiary/aromatic N) is 1. The van der Waals surface area contributed by atoms with Crippen LogP contribution in [0.25, 0.3) is 0 Å². The number of rotatable bonds is 10. The standard InChI is InChI=1S/C20H28N2O2.2ClH/c1-22(2)13-7-12-21-15-18-10-11-19(20(14-18)23-3)24-16-17-8-5-4-6-9-17;;/h4-6,8-11,14,21H,7,12-13,15-16H2,1-3H3;2*1H. The van der Waals surface area contributed by atoms with Crippen LogP contribution in [0.2, 0.25) is 0 Å². The smallest absolute Gasteiger partial charge is 0.161 e. The molecule has 0 aliphatic rings. The quantitative estimate of drug-likeness (QED) is 0.607. The molecule has 0 heterocycles. The molecule has 0 spiro atoms. The highest BCUT2D eigenvalue weighted by atomic mass is 35.5. The van der Waals surface area contributed by atoms with Crippen LogP contribution in [0.1, 0.15) is 17.5 Å². The van der Waals surface area contributed by atoms with E-state index in [4.69, 9.17) is 9.47 Å². The molecule has 1 N–H and O–H groups in total. The number of hydrogen-bond acceptors (Lipinski definition) is 4. The first-order valence-corrected chi connectivity index (χ1v) is 8.38. The Morgan fingerprint density at radius 2 is 1.65 bits per heavy atom. The maximum Gasteiger partial charge on any atom is 0.161 e. The van der Waals surface area contributed by atoms with Gasteiger partial charge >= 0.3 is 0 Å². The van der Waals surface area contributed by atoms with Crippen LogP contribution in [0.3, 0.4) is 0 Å². The topological polar surface area (TPSA) is 33.7 Å². The van der Waals surface area contributed by atoms with Gasteiger partial charge in [-0.25, -0.2) is 0 Å². The van der Waals surface area contributed by atoms with Gasteiger partial charge in [-0.15, -0.1) is 24.8 Å². The lowest BCUT2D eigenvalue weighted by molar-refractivity contribution is 0.284. The summed E-state index contributed by atoms with van der Waals surface area (Å²) >= 11 is 0. The second-order valence-electron chi connectivity index (χ2n) is 6.09. The van der Waals surface area contributed by atoms with Gasteiger partial charge in [0.25, 0.3) is 0 Å². The van der Waals surface area contributed by atoms with Crippen LogP contribution in [0, 0.1) is 0 Å². The van der Waals surface area contributed by atoms with Gasteiger partial charge in [0.1, 0.15) is 6.61 Å². The number of benzene rings is 2. The zero-order valence-electron chi connectivity index (χ0n) is 15.7. The van der Waals surface area contributed by atoms with Crippen LogP contribution in [-0.4, -0.2) is 39.2 Å². The lowest BCUT2D eigenvalue weighted by Crippen LogP contribution is -2.21. The van der Waals surface area contributed by atoms with Gasteiger partial charge in [0.2, 0.25) is 0 Å². The number of ether oxygens (including phenoxy) is 2. The fourth-order valence-corrected chi connectivity index (χ4v) is 2.43. The molecular formula is C20H30Cl2N2O2. The first kappa shape index (κ1) is 24.5. The average Bonchev–Trinajstić information content (AvgIpc) is 2.60. The maximum atomic E-state index is 5.89. The minimum absolute atomic E-state index is 0. The van der Waals surface area contributed by atoms with Gasteiger partial charge in [-0.1, -0.05) is 36.4 Å². The Morgan fingerprint density at radius 1 is 0.923 bits per heavy atom. The zero-order valence-corrected chi connectivity index (χ0v) is 17.4. The highest BCUT2D eigenvalue weighted by Gasteiger charge is 2.06. The molecule has 6 heteroatoms. The lowest BCUT2D eigenvalue weighted by Gasteiger charge is -2.13. The Kier molecular flexibility index (Phi) is 12.9. The van der Waals surface area contributed by atoms with E-state index in [0.29, 0.717) is 6.61 Å². The van der Waals surface area contributed by atoms with Crippen LogP contribution in [-0.2, 0) is 13.2 Å². The molecule has 0 unspecified atom stereocenters. The van der Waals surface area contributed by atoms with E-state index in [1.807, 2.05) is 30.3 Å². The predicted molar refractivity (Wildman–Crippen MR) is 113 cm³/mol. The zero-order chi connectivity index (χ0) is 17.2. The van der Waals surface area contributed by atoms with E-state index in [9.17, 15) is 0 Å². The lowest BCUT2D eigenvalue weighted by atomic mass is 10.2. The normalized spacial score (nSPS) is 10.0. The molecule has 0 saturated heterocycles. The number of hydrogen-bond donors (Lipinski definition) is 1. The molecular weight excluding hydrogens is 371 g/mol. The molecule has 0 aliphatic heterocycles. The fourth-order valence-electron chi connectivity index (χ4n) is 2.43. The van der Waals surface area contributed by atoms with E-state index in [-0.39, 0.29) is 24.8 Å². The largest absolute Gasteiger partial charge is 0.493 e. The van der Waals surface area contributed by atoms with Crippen molar-refractivity contribution in [1.29, 1.82) is 0 Å². The molecule has 4 nitrogen and oxygen atoms in total. The van der Waals surface area contributed by atoms with Crippen LogP contribution >= 0.6 is 24.8 Å². The third-order valence-corrected chi connectivity index (χ3v) is 3.75. The molecule has 0 bridgehead atoms. The Hall–Kier alpha value is -1.46. The molecule has 0 amide bonds. The fraction of sp³-hybridized carbons (Fsp3) is 0.400. The Morgan fingerprint density at radius 3 is 2.31 bits per heavy atom. The summed E-state index contributed by atoms with van der Waals surface area (Å²) in [7, 11) is 5.87. The van der Waals surface area contributed by atoms with Gasteiger partial charge in [-0.05, 0) is 56.9 Å². The van der Waals surface area contributed by atoms with Crippen molar-refractivity contribution >= 4 is 24.8 Å². The molecule has 0 saturated carbocycles. The summed E-state index contributed by atoms with van der Waals surface area (Å²) in [4.78, 5) is 2.20. The summed E-state index contributed by atoms with van der Waals surface area (Å²) < 4.78 is 11.4. The van der Waals surface area contributed by atoms with Crippen molar-refractivity contribution in [2.45, 2.75) is 19.6 Å². The van der Waals surface area contributed by atoms with Gasteiger partial charge in [0, 0.05) is 6.54 Å². The summed E-state index contributed by atoms with van der Waals surface area (Å²) in [5.74, 6) is 1.55. The number of nitrogens with one attached hydrogen (secondary N) is 1. The van der Waals surface area contributed by atoms with Gasteiger partial charge in [0.05, 0.1) is 7.11 Å². The Balaban J connectivity index is 0.00000312. The minimum atomic E-state index is 0. The van der Waals surface area contributed by atoms with E-state index < -0.39 is 0 Å². The first-order chi connectivity index (χ1) is 11.7. The van der Waals surface area contributed by atoms with E-state index >= 15 is 0 Å². The molecule has 2 aromatic carbocycles. The van der Waals surface area contributed by atoms with Gasteiger partial charge in [-0.3, -0.25) is 0 Å². The number of halogens is 2. The highest BCUT2D eigenvalue weighted by molar-refractivity contribution is 5.85. The summed E-state index contributed by atoms with van der Waals surface area (Å²) in [6, 6.07) is 16.3. The molecule has 2 rings (SSSR count). The second-order valence-corrected chi connectivity index (χ2v) is 6.09. The monoisotopic (exact) mass is 400 g/mol. The van der Waals surface area contributed by atoms with Crippen LogP contribution in [0.4, 0.5) is 0 Å². The third kappa shape index (κ3) is 8.77. The molecule has 26 heavy (non-hydrogen) atoms. The van der Waals surface area contributed by atoms with E-state index in [0.717, 1.165) is 43.1 Å². The predicted octanol–water partition coefficient (Wildman–Crippen LogP) is 4.16. The van der Waals surface area contributed by atoms with Crippen molar-refractivity contribution in [3.8, 4) is 11.5 Å². The summed E-state index contributed by atoms with van der Waals surface area (Å²) in [6.07, 6.45) is 1.14.